The number of benzene rings is 1. The van der Waals surface area contributed by atoms with Crippen molar-refractivity contribution in [1.82, 2.24) is 19.8 Å². The van der Waals surface area contributed by atoms with Gasteiger partial charge in [0.25, 0.3) is 0 Å². The number of rotatable bonds is 4. The highest BCUT2D eigenvalue weighted by molar-refractivity contribution is 6.32. The molecule has 0 radical (unpaired) electrons. The van der Waals surface area contributed by atoms with Gasteiger partial charge in [-0.2, -0.15) is 9.36 Å². The molecule has 0 bridgehead atoms. The quantitative estimate of drug-likeness (QED) is 0.857. The molecule has 90 valence electrons. The molecule has 0 aliphatic carbocycles. The third-order valence-corrected chi connectivity index (χ3v) is 2.61. The third-order valence-electron chi connectivity index (χ3n) is 2.29. The van der Waals surface area contributed by atoms with Crippen LogP contribution in [0.2, 0.25) is 5.02 Å². The molecule has 2 rings (SSSR count). The van der Waals surface area contributed by atoms with Gasteiger partial charge in [0, 0.05) is 6.54 Å². The molecule has 1 heterocycles. The Morgan fingerprint density at radius 3 is 2.76 bits per heavy atom. The van der Waals surface area contributed by atoms with Gasteiger partial charge in [-0.25, -0.2) is 4.79 Å². The molecular formula is C10H12ClN5O. The van der Waals surface area contributed by atoms with Crippen molar-refractivity contribution < 1.29 is 0 Å². The number of aryl methyl sites for hydroxylation is 1. The first-order valence-electron chi connectivity index (χ1n) is 5.22. The van der Waals surface area contributed by atoms with Crippen LogP contribution in [-0.2, 0) is 6.54 Å². The first-order valence-corrected chi connectivity index (χ1v) is 5.59. The lowest BCUT2D eigenvalue weighted by Crippen LogP contribution is -2.25. The van der Waals surface area contributed by atoms with E-state index in [1.54, 1.807) is 24.3 Å². The van der Waals surface area contributed by atoms with Gasteiger partial charge in [0.1, 0.15) is 0 Å². The number of nitrogens with zero attached hydrogens (tertiary/aromatic N) is 4. The van der Waals surface area contributed by atoms with Gasteiger partial charge < -0.3 is 5.73 Å². The Morgan fingerprint density at radius 2 is 2.06 bits per heavy atom. The first kappa shape index (κ1) is 11.8. The van der Waals surface area contributed by atoms with Crippen molar-refractivity contribution in [1.29, 1.82) is 0 Å². The molecule has 6 nitrogen and oxygen atoms in total. The first-order chi connectivity index (χ1) is 8.24. The van der Waals surface area contributed by atoms with Crippen molar-refractivity contribution in [2.75, 3.05) is 6.54 Å². The molecule has 0 saturated heterocycles. The molecule has 0 fully saturated rings. The largest absolute Gasteiger partial charge is 0.368 e. The van der Waals surface area contributed by atoms with Crippen molar-refractivity contribution in [2.45, 2.75) is 13.0 Å². The van der Waals surface area contributed by atoms with Gasteiger partial charge in [-0.15, -0.1) is 0 Å². The molecule has 0 aliphatic heterocycles. The van der Waals surface area contributed by atoms with Crippen LogP contribution in [-0.4, -0.2) is 26.3 Å². The van der Waals surface area contributed by atoms with Crippen LogP contribution in [0.5, 0.6) is 0 Å². The smallest absolute Gasteiger partial charge is 0.330 e. The highest BCUT2D eigenvalue weighted by atomic mass is 35.5. The maximum atomic E-state index is 11.9. The normalized spacial score (nSPS) is 10.7. The summed E-state index contributed by atoms with van der Waals surface area (Å²) in [6.07, 6.45) is 0.682. The Morgan fingerprint density at radius 1 is 1.29 bits per heavy atom. The van der Waals surface area contributed by atoms with Gasteiger partial charge >= 0.3 is 5.69 Å². The van der Waals surface area contributed by atoms with Gasteiger partial charge in [0.05, 0.1) is 10.7 Å². The molecule has 7 heteroatoms. The molecule has 2 aromatic rings. The lowest BCUT2D eigenvalue weighted by molar-refractivity contribution is 0.550. The van der Waals surface area contributed by atoms with E-state index in [2.05, 4.69) is 10.4 Å². The summed E-state index contributed by atoms with van der Waals surface area (Å²) in [5.74, 6) is 0. The second kappa shape index (κ2) is 5.11. The van der Waals surface area contributed by atoms with E-state index in [1.165, 1.54) is 9.36 Å². The number of aromatic nitrogens is 4. The number of hydrogen-bond donors (Lipinski definition) is 1. The average Bonchev–Trinajstić information content (AvgIpc) is 2.69. The second-order valence-corrected chi connectivity index (χ2v) is 3.90. The van der Waals surface area contributed by atoms with E-state index >= 15 is 0 Å². The van der Waals surface area contributed by atoms with E-state index in [0.717, 1.165) is 0 Å². The zero-order valence-corrected chi connectivity index (χ0v) is 9.84. The summed E-state index contributed by atoms with van der Waals surface area (Å²) in [6.45, 7) is 0.963. The van der Waals surface area contributed by atoms with Crippen LogP contribution in [0.25, 0.3) is 5.69 Å². The molecule has 2 N–H and O–H groups in total. The van der Waals surface area contributed by atoms with Gasteiger partial charge in [-0.3, -0.25) is 0 Å². The maximum Gasteiger partial charge on any atom is 0.368 e. The maximum absolute atomic E-state index is 11.9. The SMILES string of the molecule is NCCCn1nnn(-c2ccccc2Cl)c1=O. The Kier molecular flexibility index (Phi) is 3.55. The van der Waals surface area contributed by atoms with Crippen LogP contribution in [0.15, 0.2) is 29.1 Å². The fraction of sp³-hybridized carbons (Fsp3) is 0.300. The van der Waals surface area contributed by atoms with Gasteiger partial charge in [0.15, 0.2) is 0 Å². The topological polar surface area (TPSA) is 78.7 Å². The highest BCUT2D eigenvalue weighted by Crippen LogP contribution is 2.16. The Hall–Kier alpha value is -1.66. The highest BCUT2D eigenvalue weighted by Gasteiger charge is 2.10. The fourth-order valence-corrected chi connectivity index (χ4v) is 1.65. The summed E-state index contributed by atoms with van der Waals surface area (Å²) in [5.41, 5.74) is 5.59. The second-order valence-electron chi connectivity index (χ2n) is 3.49. The fourth-order valence-electron chi connectivity index (χ4n) is 1.43. The summed E-state index contributed by atoms with van der Waals surface area (Å²) in [4.78, 5) is 11.9. The van der Waals surface area contributed by atoms with Crippen molar-refractivity contribution in [3.63, 3.8) is 0 Å². The summed E-state index contributed by atoms with van der Waals surface area (Å²) in [7, 11) is 0. The minimum atomic E-state index is -0.313. The predicted octanol–water partition coefficient (Wildman–Crippen LogP) is 0.431. The Bertz CT molecular complexity index is 562. The number of nitrogens with two attached hydrogens (primary N) is 1. The van der Waals surface area contributed by atoms with Crippen LogP contribution in [0, 0.1) is 0 Å². The van der Waals surface area contributed by atoms with Crippen LogP contribution in [0.4, 0.5) is 0 Å². The van der Waals surface area contributed by atoms with E-state index in [0.29, 0.717) is 30.2 Å². The Balaban J connectivity index is 2.38. The van der Waals surface area contributed by atoms with E-state index < -0.39 is 0 Å². The summed E-state index contributed by atoms with van der Waals surface area (Å²) in [5, 5.41) is 8.02. The molecule has 0 aliphatic rings. The van der Waals surface area contributed by atoms with Gasteiger partial charge in [0.2, 0.25) is 0 Å². The van der Waals surface area contributed by atoms with Gasteiger partial charge in [-0.1, -0.05) is 23.7 Å². The lowest BCUT2D eigenvalue weighted by atomic mass is 10.3. The van der Waals surface area contributed by atoms with Crippen LogP contribution in [0.1, 0.15) is 6.42 Å². The predicted molar refractivity (Wildman–Crippen MR) is 64.3 cm³/mol. The summed E-state index contributed by atoms with van der Waals surface area (Å²) < 4.78 is 2.45. The van der Waals surface area contributed by atoms with E-state index in [1.807, 2.05) is 0 Å². The Labute approximate surface area is 103 Å². The van der Waals surface area contributed by atoms with Crippen molar-refractivity contribution in [2.24, 2.45) is 5.73 Å². The van der Waals surface area contributed by atoms with E-state index in [4.69, 9.17) is 17.3 Å². The summed E-state index contributed by atoms with van der Waals surface area (Å²) in [6, 6.07) is 6.98. The van der Waals surface area contributed by atoms with E-state index in [-0.39, 0.29) is 5.69 Å². The van der Waals surface area contributed by atoms with Crippen LogP contribution in [0.3, 0.4) is 0 Å². The molecule has 0 atom stereocenters. The van der Waals surface area contributed by atoms with Crippen molar-refractivity contribution >= 4 is 11.6 Å². The number of tetrazole rings is 1. The molecule has 1 aromatic carbocycles. The standard InChI is InChI=1S/C10H12ClN5O/c11-8-4-1-2-5-9(8)16-10(17)15(13-14-16)7-3-6-12/h1-2,4-5H,3,6-7,12H2. The molecular weight excluding hydrogens is 242 g/mol. The number of halogens is 1. The van der Waals surface area contributed by atoms with Crippen LogP contribution >= 0.6 is 11.6 Å². The monoisotopic (exact) mass is 253 g/mol. The molecule has 0 amide bonds. The van der Waals surface area contributed by atoms with E-state index in [9.17, 15) is 4.79 Å². The third kappa shape index (κ3) is 2.37. The lowest BCUT2D eigenvalue weighted by Gasteiger charge is -2.00. The molecule has 0 spiro atoms. The molecule has 0 unspecified atom stereocenters. The molecule has 0 saturated carbocycles. The number of hydrogen-bond acceptors (Lipinski definition) is 4. The van der Waals surface area contributed by atoms with Gasteiger partial charge in [-0.05, 0) is 35.5 Å². The zero-order valence-electron chi connectivity index (χ0n) is 9.08. The average molecular weight is 254 g/mol. The molecule has 1 aromatic heterocycles. The van der Waals surface area contributed by atoms with Crippen molar-refractivity contribution in [3.05, 3.63) is 39.8 Å². The van der Waals surface area contributed by atoms with Crippen LogP contribution < -0.4 is 11.4 Å². The van der Waals surface area contributed by atoms with Crippen molar-refractivity contribution in [3.8, 4) is 5.69 Å². The zero-order chi connectivity index (χ0) is 12.3. The minimum absolute atomic E-state index is 0.313. The minimum Gasteiger partial charge on any atom is -0.330 e. The number of para-hydroxylation sites is 1. The molecule has 17 heavy (non-hydrogen) atoms. The summed E-state index contributed by atoms with van der Waals surface area (Å²) >= 11 is 5.99.